The first kappa shape index (κ1) is 18.6. The second kappa shape index (κ2) is 7.45. The number of aromatic nitrogens is 2. The summed E-state index contributed by atoms with van der Waals surface area (Å²) < 4.78 is 10.2. The maximum atomic E-state index is 12.8. The van der Waals surface area contributed by atoms with Gasteiger partial charge in [0.2, 0.25) is 12.1 Å². The highest BCUT2D eigenvalue weighted by Crippen LogP contribution is 2.33. The molecule has 2 heterocycles. The Balaban J connectivity index is 1.25. The van der Waals surface area contributed by atoms with E-state index in [1.807, 2.05) is 59.7 Å². The van der Waals surface area contributed by atoms with Crippen molar-refractivity contribution in [3.05, 3.63) is 95.6 Å². The number of hydrogen-bond donors (Lipinski definition) is 0. The summed E-state index contributed by atoms with van der Waals surface area (Å²) in [5.41, 5.74) is 4.60. The van der Waals surface area contributed by atoms with Crippen molar-refractivity contribution in [1.82, 2.24) is 4.57 Å². The van der Waals surface area contributed by atoms with Crippen LogP contribution in [0, 0.1) is 13.8 Å². The van der Waals surface area contributed by atoms with Crippen LogP contribution >= 0.6 is 0 Å². The van der Waals surface area contributed by atoms with Crippen LogP contribution < -0.4 is 9.30 Å². The van der Waals surface area contributed by atoms with Gasteiger partial charge in [0.15, 0.2) is 6.54 Å². The van der Waals surface area contributed by atoms with E-state index in [1.54, 1.807) is 0 Å². The third kappa shape index (κ3) is 3.61. The van der Waals surface area contributed by atoms with E-state index in [2.05, 4.69) is 36.6 Å². The second-order valence-corrected chi connectivity index (χ2v) is 8.27. The maximum Gasteiger partial charge on any atom is 0.244 e. The molecule has 4 heteroatoms. The van der Waals surface area contributed by atoms with Crippen molar-refractivity contribution in [2.75, 3.05) is 0 Å². The van der Waals surface area contributed by atoms with Crippen LogP contribution in [0.4, 0.5) is 0 Å². The van der Waals surface area contributed by atoms with Crippen LogP contribution in [-0.2, 0) is 19.5 Å². The van der Waals surface area contributed by atoms with Gasteiger partial charge in [0, 0.05) is 17.5 Å². The summed E-state index contributed by atoms with van der Waals surface area (Å²) in [5, 5.41) is 2.24. The topological polar surface area (TPSA) is 35.1 Å². The molecule has 4 aromatic rings. The Morgan fingerprint density at radius 1 is 1.10 bits per heavy atom. The maximum absolute atomic E-state index is 12.8. The molecule has 0 N–H and O–H groups in total. The van der Waals surface area contributed by atoms with Crippen molar-refractivity contribution in [2.45, 2.75) is 39.5 Å². The van der Waals surface area contributed by atoms with Gasteiger partial charge in [-0.3, -0.25) is 4.79 Å². The number of hydrogen-bond acceptors (Lipinski definition) is 2. The molecule has 0 amide bonds. The zero-order valence-electron chi connectivity index (χ0n) is 17.3. The number of carbonyl (C=O) groups is 1. The Labute approximate surface area is 176 Å². The molecule has 0 saturated heterocycles. The van der Waals surface area contributed by atoms with E-state index in [4.69, 9.17) is 4.74 Å². The number of imidazole rings is 1. The third-order valence-electron chi connectivity index (χ3n) is 5.86. The number of fused-ring (bicyclic) bond motifs is 2. The van der Waals surface area contributed by atoms with Crippen LogP contribution in [-0.4, -0.2) is 16.5 Å². The molecule has 0 spiro atoms. The molecular weight excluding hydrogens is 372 g/mol. The summed E-state index contributed by atoms with van der Waals surface area (Å²) >= 11 is 0. The van der Waals surface area contributed by atoms with Gasteiger partial charge >= 0.3 is 0 Å². The van der Waals surface area contributed by atoms with Gasteiger partial charge in [0.25, 0.3) is 0 Å². The minimum Gasteiger partial charge on any atom is -0.486 e. The molecule has 0 aliphatic carbocycles. The lowest BCUT2D eigenvalue weighted by Gasteiger charge is -2.07. The molecule has 5 rings (SSSR count). The van der Waals surface area contributed by atoms with Gasteiger partial charge in [-0.05, 0) is 47.9 Å². The van der Waals surface area contributed by atoms with E-state index < -0.39 is 0 Å². The van der Waals surface area contributed by atoms with Gasteiger partial charge in [-0.15, -0.1) is 0 Å². The molecule has 0 bridgehead atoms. The molecule has 1 aliphatic rings. The number of ketones is 1. The molecule has 1 atom stereocenters. The van der Waals surface area contributed by atoms with E-state index in [-0.39, 0.29) is 11.9 Å². The van der Waals surface area contributed by atoms with Crippen LogP contribution in [0.1, 0.15) is 27.0 Å². The van der Waals surface area contributed by atoms with Crippen molar-refractivity contribution in [3.8, 4) is 5.75 Å². The summed E-state index contributed by atoms with van der Waals surface area (Å²) in [4.78, 5) is 12.8. The molecule has 1 aromatic heterocycles. The zero-order valence-corrected chi connectivity index (χ0v) is 17.3. The molecular formula is C26H25N2O2+. The molecule has 3 aromatic carbocycles. The number of benzene rings is 3. The fourth-order valence-corrected chi connectivity index (χ4v) is 4.37. The van der Waals surface area contributed by atoms with Crippen LogP contribution in [0.3, 0.4) is 0 Å². The smallest absolute Gasteiger partial charge is 0.244 e. The van der Waals surface area contributed by atoms with E-state index in [0.717, 1.165) is 35.1 Å². The summed E-state index contributed by atoms with van der Waals surface area (Å²) in [7, 11) is 0. The first-order chi connectivity index (χ1) is 14.5. The van der Waals surface area contributed by atoms with Gasteiger partial charge in [-0.25, -0.2) is 9.13 Å². The van der Waals surface area contributed by atoms with Crippen LogP contribution in [0.15, 0.2) is 73.3 Å². The highest BCUT2D eigenvalue weighted by Gasteiger charge is 2.27. The summed E-state index contributed by atoms with van der Waals surface area (Å²) in [6.45, 7) is 5.35. The molecule has 4 nitrogen and oxygen atoms in total. The average molecular weight is 397 g/mol. The van der Waals surface area contributed by atoms with E-state index in [0.29, 0.717) is 6.54 Å². The Morgan fingerprint density at radius 3 is 2.80 bits per heavy atom. The summed E-state index contributed by atoms with van der Waals surface area (Å²) in [5.74, 6) is 1.13. The number of Topliss-reactive ketones (excluding diaryl/α,β-unsaturated/α-hetero) is 1. The largest absolute Gasteiger partial charge is 0.486 e. The molecule has 1 aliphatic heterocycles. The van der Waals surface area contributed by atoms with Crippen molar-refractivity contribution in [1.29, 1.82) is 0 Å². The predicted molar refractivity (Wildman–Crippen MR) is 117 cm³/mol. The van der Waals surface area contributed by atoms with Gasteiger partial charge in [0.05, 0.1) is 0 Å². The predicted octanol–water partition coefficient (Wildman–Crippen LogP) is 4.43. The lowest BCUT2D eigenvalue weighted by atomic mass is 10.0. The summed E-state index contributed by atoms with van der Waals surface area (Å²) in [6, 6.07) is 18.3. The molecule has 150 valence electrons. The third-order valence-corrected chi connectivity index (χ3v) is 5.86. The fourth-order valence-electron chi connectivity index (χ4n) is 4.37. The number of carbonyl (C=O) groups excluding carboxylic acids is 1. The van der Waals surface area contributed by atoms with Gasteiger partial charge < -0.3 is 4.74 Å². The molecule has 0 saturated carbocycles. The highest BCUT2D eigenvalue weighted by molar-refractivity contribution is 5.99. The van der Waals surface area contributed by atoms with Crippen molar-refractivity contribution >= 4 is 16.6 Å². The number of nitrogens with zero attached hydrogens (tertiary/aromatic N) is 2. The van der Waals surface area contributed by atoms with Gasteiger partial charge in [0.1, 0.15) is 30.8 Å². The van der Waals surface area contributed by atoms with E-state index in [9.17, 15) is 4.79 Å². The minimum absolute atomic E-state index is 0.110. The number of aryl methyl sites for hydroxylation is 2. The minimum atomic E-state index is 0.110. The Morgan fingerprint density at radius 2 is 1.93 bits per heavy atom. The molecule has 30 heavy (non-hydrogen) atoms. The first-order valence-electron chi connectivity index (χ1n) is 10.4. The lowest BCUT2D eigenvalue weighted by Crippen LogP contribution is -2.36. The SMILES string of the molecule is Cc1cc(C)c2c(c1)OC(Cn1cc[n+](CC(=O)c3ccc4ccccc4c3)c1)C2. The average Bonchev–Trinajstić information content (AvgIpc) is 3.34. The van der Waals surface area contributed by atoms with E-state index >= 15 is 0 Å². The van der Waals surface area contributed by atoms with Crippen molar-refractivity contribution in [2.24, 2.45) is 0 Å². The Bertz CT molecular complexity index is 1260. The fraction of sp³-hybridized carbons (Fsp3) is 0.231. The van der Waals surface area contributed by atoms with Gasteiger partial charge in [-0.2, -0.15) is 0 Å². The zero-order chi connectivity index (χ0) is 20.7. The number of rotatable bonds is 5. The second-order valence-electron chi connectivity index (χ2n) is 8.27. The standard InChI is InChI=1S/C26H25N2O2/c1-18-11-19(2)24-14-23(30-26(24)12-18)15-27-9-10-28(17-27)16-25(29)22-8-7-20-5-3-4-6-21(20)13-22/h3-13,17,23H,14-16H2,1-2H3/q+1. The summed E-state index contributed by atoms with van der Waals surface area (Å²) in [6.07, 6.45) is 7.01. The molecule has 0 radical (unpaired) electrons. The molecule has 1 unspecified atom stereocenters. The normalized spacial score (nSPS) is 15.2. The van der Waals surface area contributed by atoms with E-state index in [1.165, 1.54) is 16.7 Å². The van der Waals surface area contributed by atoms with Crippen molar-refractivity contribution < 1.29 is 14.1 Å². The monoisotopic (exact) mass is 397 g/mol. The van der Waals surface area contributed by atoms with Crippen LogP contribution in [0.5, 0.6) is 5.75 Å². The van der Waals surface area contributed by atoms with Crippen molar-refractivity contribution in [3.63, 3.8) is 0 Å². The van der Waals surface area contributed by atoms with Crippen LogP contribution in [0.25, 0.3) is 10.8 Å². The lowest BCUT2D eigenvalue weighted by molar-refractivity contribution is -0.682. The Kier molecular flexibility index (Phi) is 4.62. The quantitative estimate of drug-likeness (QED) is 0.369. The highest BCUT2D eigenvalue weighted by atomic mass is 16.5. The van der Waals surface area contributed by atoms with Crippen LogP contribution in [0.2, 0.25) is 0 Å². The Hall–Kier alpha value is -3.40. The molecule has 0 fully saturated rings. The number of ether oxygens (including phenoxy) is 1. The van der Waals surface area contributed by atoms with Gasteiger partial charge in [-0.1, -0.05) is 42.5 Å². The first-order valence-corrected chi connectivity index (χ1v) is 10.4.